The van der Waals surface area contributed by atoms with Crippen molar-refractivity contribution in [3.8, 4) is 0 Å². The predicted octanol–water partition coefficient (Wildman–Crippen LogP) is 2.27. The summed E-state index contributed by atoms with van der Waals surface area (Å²) in [5.74, 6) is -0.433. The van der Waals surface area contributed by atoms with E-state index in [9.17, 15) is 4.79 Å². The fourth-order valence-corrected chi connectivity index (χ4v) is 1.75. The third kappa shape index (κ3) is 3.13. The van der Waals surface area contributed by atoms with E-state index in [1.54, 1.807) is 6.92 Å². The Bertz CT molecular complexity index is 553. The number of carbonyl (C=O) groups is 1. The maximum Gasteiger partial charge on any atom is 0.354 e. The van der Waals surface area contributed by atoms with Crippen LogP contribution in [-0.4, -0.2) is 21.0 Å². The predicted molar refractivity (Wildman–Crippen MR) is 67.6 cm³/mol. The number of aryl methyl sites for hydroxylation is 3. The number of hydrogen-bond acceptors (Lipinski definition) is 3. The second kappa shape index (κ2) is 5.40. The van der Waals surface area contributed by atoms with Crippen molar-refractivity contribution in [1.82, 2.24) is 9.97 Å². The molecule has 0 radical (unpaired) electrons. The van der Waals surface area contributed by atoms with E-state index in [1.807, 2.05) is 30.3 Å². The van der Waals surface area contributed by atoms with Crippen LogP contribution in [0.1, 0.15) is 27.6 Å². The molecule has 18 heavy (non-hydrogen) atoms. The molecular weight excluding hydrogens is 228 g/mol. The largest absolute Gasteiger partial charge is 0.477 e. The molecule has 0 saturated carbocycles. The summed E-state index contributed by atoms with van der Waals surface area (Å²) in [6.45, 7) is 1.78. The monoisotopic (exact) mass is 242 g/mol. The van der Waals surface area contributed by atoms with Gasteiger partial charge in [0.25, 0.3) is 0 Å². The molecule has 0 bridgehead atoms. The van der Waals surface area contributed by atoms with Gasteiger partial charge in [-0.05, 0) is 25.0 Å². The zero-order valence-electron chi connectivity index (χ0n) is 10.1. The van der Waals surface area contributed by atoms with Gasteiger partial charge in [0.05, 0.1) is 0 Å². The van der Waals surface area contributed by atoms with Crippen LogP contribution < -0.4 is 0 Å². The summed E-state index contributed by atoms with van der Waals surface area (Å²) in [6, 6.07) is 11.5. The molecular formula is C14H14N2O2. The summed E-state index contributed by atoms with van der Waals surface area (Å²) in [5.41, 5.74) is 1.94. The number of carboxylic acids is 1. The first-order valence-corrected chi connectivity index (χ1v) is 5.77. The molecule has 2 rings (SSSR count). The van der Waals surface area contributed by atoms with Crippen LogP contribution >= 0.6 is 0 Å². The molecule has 0 saturated heterocycles. The summed E-state index contributed by atoms with van der Waals surface area (Å²) in [6.07, 6.45) is 1.45. The topological polar surface area (TPSA) is 63.1 Å². The number of benzene rings is 1. The second-order valence-electron chi connectivity index (χ2n) is 4.10. The number of rotatable bonds is 4. The van der Waals surface area contributed by atoms with Crippen molar-refractivity contribution in [3.63, 3.8) is 0 Å². The van der Waals surface area contributed by atoms with Gasteiger partial charge < -0.3 is 5.11 Å². The maximum atomic E-state index is 10.9. The maximum absolute atomic E-state index is 10.9. The molecule has 1 N–H and O–H groups in total. The van der Waals surface area contributed by atoms with Crippen molar-refractivity contribution in [1.29, 1.82) is 0 Å². The third-order valence-electron chi connectivity index (χ3n) is 2.60. The van der Waals surface area contributed by atoms with Crippen molar-refractivity contribution >= 4 is 5.97 Å². The van der Waals surface area contributed by atoms with Crippen LogP contribution in [0.3, 0.4) is 0 Å². The normalized spacial score (nSPS) is 10.3. The first-order chi connectivity index (χ1) is 8.65. The Kier molecular flexibility index (Phi) is 3.67. The smallest absolute Gasteiger partial charge is 0.354 e. The molecule has 0 spiro atoms. The summed E-state index contributed by atoms with van der Waals surface area (Å²) >= 11 is 0. The minimum atomic E-state index is -1.01. The average molecular weight is 242 g/mol. The Morgan fingerprint density at radius 2 is 1.89 bits per heavy atom. The van der Waals surface area contributed by atoms with Crippen molar-refractivity contribution in [2.45, 2.75) is 19.8 Å². The van der Waals surface area contributed by atoms with Gasteiger partial charge >= 0.3 is 5.97 Å². The third-order valence-corrected chi connectivity index (χ3v) is 2.60. The summed E-state index contributed by atoms with van der Waals surface area (Å²) < 4.78 is 0. The van der Waals surface area contributed by atoms with Gasteiger partial charge in [0.2, 0.25) is 0 Å². The molecule has 4 nitrogen and oxygen atoms in total. The van der Waals surface area contributed by atoms with E-state index in [4.69, 9.17) is 5.11 Å². The lowest BCUT2D eigenvalue weighted by Gasteiger charge is -2.03. The van der Waals surface area contributed by atoms with Gasteiger partial charge in [-0.15, -0.1) is 0 Å². The Labute approximate surface area is 105 Å². The summed E-state index contributed by atoms with van der Waals surface area (Å²) in [4.78, 5) is 19.2. The van der Waals surface area contributed by atoms with Gasteiger partial charge in [-0.3, -0.25) is 0 Å². The fraction of sp³-hybridized carbons (Fsp3) is 0.214. The first-order valence-electron chi connectivity index (χ1n) is 5.77. The molecule has 0 aliphatic heterocycles. The van der Waals surface area contributed by atoms with Crippen LogP contribution in [0.25, 0.3) is 0 Å². The minimum absolute atomic E-state index is 0.0607. The van der Waals surface area contributed by atoms with E-state index in [1.165, 1.54) is 11.6 Å². The van der Waals surface area contributed by atoms with Gasteiger partial charge in [0, 0.05) is 12.1 Å². The summed E-state index contributed by atoms with van der Waals surface area (Å²) in [7, 11) is 0. The Balaban J connectivity index is 2.12. The number of aromatic nitrogens is 2. The molecule has 0 amide bonds. The fourth-order valence-electron chi connectivity index (χ4n) is 1.75. The first kappa shape index (κ1) is 12.2. The highest BCUT2D eigenvalue weighted by atomic mass is 16.4. The van der Waals surface area contributed by atoms with Crippen LogP contribution in [0, 0.1) is 6.92 Å². The second-order valence-corrected chi connectivity index (χ2v) is 4.10. The lowest BCUT2D eigenvalue weighted by atomic mass is 10.1. The number of carboxylic acid groups (broad SMARTS) is 1. The van der Waals surface area contributed by atoms with Gasteiger partial charge in [-0.2, -0.15) is 0 Å². The van der Waals surface area contributed by atoms with Gasteiger partial charge in [0.1, 0.15) is 5.82 Å². The van der Waals surface area contributed by atoms with Crippen LogP contribution in [-0.2, 0) is 12.8 Å². The van der Waals surface area contributed by atoms with Gasteiger partial charge in [-0.1, -0.05) is 30.3 Å². The zero-order valence-corrected chi connectivity index (χ0v) is 10.1. The van der Waals surface area contributed by atoms with E-state index in [2.05, 4.69) is 9.97 Å². The molecule has 0 unspecified atom stereocenters. The lowest BCUT2D eigenvalue weighted by molar-refractivity contribution is 0.0689. The molecule has 0 aliphatic rings. The number of aromatic carboxylic acids is 1. The molecule has 92 valence electrons. The van der Waals surface area contributed by atoms with E-state index in [0.29, 0.717) is 17.9 Å². The van der Waals surface area contributed by atoms with Crippen LogP contribution in [0.4, 0.5) is 0 Å². The van der Waals surface area contributed by atoms with E-state index >= 15 is 0 Å². The minimum Gasteiger partial charge on any atom is -0.477 e. The number of hydrogen-bond donors (Lipinski definition) is 1. The van der Waals surface area contributed by atoms with Gasteiger partial charge in [0.15, 0.2) is 5.69 Å². The lowest BCUT2D eigenvalue weighted by Crippen LogP contribution is -2.07. The molecule has 2 aromatic rings. The highest BCUT2D eigenvalue weighted by molar-refractivity contribution is 5.85. The van der Waals surface area contributed by atoms with E-state index in [-0.39, 0.29) is 5.69 Å². The Morgan fingerprint density at radius 3 is 2.56 bits per heavy atom. The van der Waals surface area contributed by atoms with Crippen molar-refractivity contribution in [2.24, 2.45) is 0 Å². The van der Waals surface area contributed by atoms with Crippen LogP contribution in [0.2, 0.25) is 0 Å². The Morgan fingerprint density at radius 1 is 1.17 bits per heavy atom. The average Bonchev–Trinajstić information content (AvgIpc) is 2.37. The van der Waals surface area contributed by atoms with E-state index in [0.717, 1.165) is 6.42 Å². The molecule has 1 aromatic carbocycles. The summed E-state index contributed by atoms with van der Waals surface area (Å²) in [5, 5.41) is 8.93. The van der Waals surface area contributed by atoms with E-state index < -0.39 is 5.97 Å². The molecule has 0 aliphatic carbocycles. The van der Waals surface area contributed by atoms with Crippen LogP contribution in [0.15, 0.2) is 36.4 Å². The number of nitrogens with zero attached hydrogens (tertiary/aromatic N) is 2. The highest BCUT2D eigenvalue weighted by Gasteiger charge is 2.08. The highest BCUT2D eigenvalue weighted by Crippen LogP contribution is 2.06. The molecule has 0 atom stereocenters. The van der Waals surface area contributed by atoms with Crippen LogP contribution in [0.5, 0.6) is 0 Å². The standard InChI is InChI=1S/C14H14N2O2/c1-10-9-12(14(17)18)16-13(15-10)8-7-11-5-3-2-4-6-11/h2-6,9H,7-8H2,1H3,(H,17,18). The molecule has 4 heteroatoms. The SMILES string of the molecule is Cc1cc(C(=O)O)nc(CCc2ccccc2)n1. The van der Waals surface area contributed by atoms with Crippen molar-refractivity contribution < 1.29 is 9.90 Å². The zero-order chi connectivity index (χ0) is 13.0. The molecule has 1 heterocycles. The van der Waals surface area contributed by atoms with Crippen molar-refractivity contribution in [2.75, 3.05) is 0 Å². The van der Waals surface area contributed by atoms with Gasteiger partial charge in [-0.25, -0.2) is 14.8 Å². The van der Waals surface area contributed by atoms with Crippen molar-refractivity contribution in [3.05, 3.63) is 59.2 Å². The molecule has 0 fully saturated rings. The Hall–Kier alpha value is -2.23. The quantitative estimate of drug-likeness (QED) is 0.893. The molecule has 1 aromatic heterocycles.